The van der Waals surface area contributed by atoms with Crippen LogP contribution in [0.2, 0.25) is 0 Å². The molecular weight excluding hydrogens is 262 g/mol. The number of nitrogens with one attached hydrogen (secondary N) is 1. The number of unbranched alkanes of at least 4 members (excludes halogenated alkanes) is 3. The van der Waals surface area contributed by atoms with E-state index >= 15 is 0 Å². The zero-order chi connectivity index (χ0) is 15.6. The van der Waals surface area contributed by atoms with Crippen LogP contribution in [0.25, 0.3) is 0 Å². The molecular formula is C18H31NO2. The minimum atomic E-state index is 0.232. The summed E-state index contributed by atoms with van der Waals surface area (Å²) in [5, 5.41) is 3.51. The summed E-state index contributed by atoms with van der Waals surface area (Å²) in [4.78, 5) is 0. The maximum Gasteiger partial charge on any atom is 0.119 e. The fourth-order valence-electron chi connectivity index (χ4n) is 2.13. The van der Waals surface area contributed by atoms with Gasteiger partial charge in [0, 0.05) is 12.6 Å². The molecule has 0 saturated carbocycles. The number of hydrogen-bond acceptors (Lipinski definition) is 3. The standard InChI is InChI=1S/C18H31NO2/c1-18(2,3)19-12-7-5-6-8-13-21-17-11-9-10-16(14-17)15-20-4/h9-11,14,19H,5-8,12-13,15H2,1-4H3. The summed E-state index contributed by atoms with van der Waals surface area (Å²) in [7, 11) is 1.71. The van der Waals surface area contributed by atoms with E-state index in [-0.39, 0.29) is 5.54 Å². The Morgan fingerprint density at radius 1 is 1.05 bits per heavy atom. The molecule has 0 aliphatic rings. The minimum absolute atomic E-state index is 0.232. The molecule has 3 nitrogen and oxygen atoms in total. The zero-order valence-corrected chi connectivity index (χ0v) is 14.1. The van der Waals surface area contributed by atoms with Gasteiger partial charge < -0.3 is 14.8 Å². The minimum Gasteiger partial charge on any atom is -0.494 e. The van der Waals surface area contributed by atoms with Crippen molar-refractivity contribution in [3.8, 4) is 5.75 Å². The molecule has 3 heteroatoms. The maximum absolute atomic E-state index is 5.78. The largest absolute Gasteiger partial charge is 0.494 e. The van der Waals surface area contributed by atoms with Gasteiger partial charge in [0.05, 0.1) is 13.2 Å². The first-order valence-corrected chi connectivity index (χ1v) is 7.97. The van der Waals surface area contributed by atoms with Gasteiger partial charge in [-0.05, 0) is 57.9 Å². The Bertz CT molecular complexity index is 385. The molecule has 1 rings (SSSR count). The summed E-state index contributed by atoms with van der Waals surface area (Å²) in [6, 6.07) is 8.13. The van der Waals surface area contributed by atoms with Crippen LogP contribution >= 0.6 is 0 Å². The SMILES string of the molecule is COCc1cccc(OCCCCCCNC(C)(C)C)c1. The van der Waals surface area contributed by atoms with Gasteiger partial charge in [-0.15, -0.1) is 0 Å². The van der Waals surface area contributed by atoms with Crippen molar-refractivity contribution in [2.75, 3.05) is 20.3 Å². The van der Waals surface area contributed by atoms with E-state index in [0.717, 1.165) is 30.9 Å². The van der Waals surface area contributed by atoms with Crippen LogP contribution in [0.1, 0.15) is 52.0 Å². The first-order chi connectivity index (χ1) is 10.0. The van der Waals surface area contributed by atoms with Gasteiger partial charge in [-0.2, -0.15) is 0 Å². The lowest BCUT2D eigenvalue weighted by molar-refractivity contribution is 0.184. The van der Waals surface area contributed by atoms with Gasteiger partial charge in [-0.1, -0.05) is 25.0 Å². The Morgan fingerprint density at radius 3 is 2.52 bits per heavy atom. The Labute approximate surface area is 130 Å². The summed E-state index contributed by atoms with van der Waals surface area (Å²) in [6.07, 6.45) is 4.84. The number of benzene rings is 1. The molecule has 0 aromatic heterocycles. The van der Waals surface area contributed by atoms with Crippen LogP contribution in [0.5, 0.6) is 5.75 Å². The van der Waals surface area contributed by atoms with Crippen molar-refractivity contribution in [1.29, 1.82) is 0 Å². The lowest BCUT2D eigenvalue weighted by Crippen LogP contribution is -2.36. The summed E-state index contributed by atoms with van der Waals surface area (Å²) < 4.78 is 10.9. The lowest BCUT2D eigenvalue weighted by Gasteiger charge is -2.20. The van der Waals surface area contributed by atoms with Crippen LogP contribution in [-0.2, 0) is 11.3 Å². The smallest absolute Gasteiger partial charge is 0.119 e. The maximum atomic E-state index is 5.78. The third kappa shape index (κ3) is 9.48. The van der Waals surface area contributed by atoms with E-state index in [4.69, 9.17) is 9.47 Å². The van der Waals surface area contributed by atoms with Crippen molar-refractivity contribution in [2.24, 2.45) is 0 Å². The van der Waals surface area contributed by atoms with Crippen molar-refractivity contribution in [1.82, 2.24) is 5.32 Å². The highest BCUT2D eigenvalue weighted by Crippen LogP contribution is 2.14. The van der Waals surface area contributed by atoms with Gasteiger partial charge >= 0.3 is 0 Å². The summed E-state index contributed by atoms with van der Waals surface area (Å²) in [5.74, 6) is 0.943. The van der Waals surface area contributed by atoms with Crippen LogP contribution in [0.4, 0.5) is 0 Å². The number of rotatable bonds is 10. The summed E-state index contributed by atoms with van der Waals surface area (Å²) in [5.41, 5.74) is 1.39. The Balaban J connectivity index is 2.05. The van der Waals surface area contributed by atoms with Gasteiger partial charge in [-0.25, -0.2) is 0 Å². The lowest BCUT2D eigenvalue weighted by atomic mass is 10.1. The first-order valence-electron chi connectivity index (χ1n) is 7.97. The van der Waals surface area contributed by atoms with Crippen LogP contribution in [-0.4, -0.2) is 25.8 Å². The predicted octanol–water partition coefficient (Wildman–Crippen LogP) is 4.16. The molecule has 0 unspecified atom stereocenters. The molecule has 0 aliphatic heterocycles. The number of methoxy groups -OCH3 is 1. The van der Waals surface area contributed by atoms with Crippen LogP contribution in [0, 0.1) is 0 Å². The fraction of sp³-hybridized carbons (Fsp3) is 0.667. The second-order valence-electron chi connectivity index (χ2n) is 6.52. The van der Waals surface area contributed by atoms with E-state index in [0.29, 0.717) is 6.61 Å². The van der Waals surface area contributed by atoms with E-state index in [2.05, 4.69) is 38.2 Å². The molecule has 1 aromatic rings. The molecule has 0 bridgehead atoms. The molecule has 0 spiro atoms. The van der Waals surface area contributed by atoms with E-state index < -0.39 is 0 Å². The first kappa shape index (κ1) is 18.0. The summed E-state index contributed by atoms with van der Waals surface area (Å²) in [6.45, 7) is 9.15. The van der Waals surface area contributed by atoms with E-state index in [9.17, 15) is 0 Å². The van der Waals surface area contributed by atoms with E-state index in [1.807, 2.05) is 12.1 Å². The average Bonchev–Trinajstić information content (AvgIpc) is 2.41. The summed E-state index contributed by atoms with van der Waals surface area (Å²) >= 11 is 0. The van der Waals surface area contributed by atoms with E-state index in [1.165, 1.54) is 19.3 Å². The van der Waals surface area contributed by atoms with Crippen molar-refractivity contribution >= 4 is 0 Å². The molecule has 0 heterocycles. The molecule has 0 radical (unpaired) electrons. The topological polar surface area (TPSA) is 30.5 Å². The quantitative estimate of drug-likeness (QED) is 0.657. The van der Waals surface area contributed by atoms with Crippen molar-refractivity contribution in [3.63, 3.8) is 0 Å². The molecule has 0 saturated heterocycles. The highest BCUT2D eigenvalue weighted by molar-refractivity contribution is 5.28. The van der Waals surface area contributed by atoms with Crippen molar-refractivity contribution in [3.05, 3.63) is 29.8 Å². The molecule has 0 fully saturated rings. The van der Waals surface area contributed by atoms with E-state index in [1.54, 1.807) is 7.11 Å². The van der Waals surface area contributed by atoms with Gasteiger partial charge in [-0.3, -0.25) is 0 Å². The molecule has 1 aromatic carbocycles. The normalized spacial score (nSPS) is 11.6. The predicted molar refractivity (Wildman–Crippen MR) is 88.9 cm³/mol. The van der Waals surface area contributed by atoms with Gasteiger partial charge in [0.1, 0.15) is 5.75 Å². The van der Waals surface area contributed by atoms with Crippen LogP contribution in [0.3, 0.4) is 0 Å². The number of hydrogen-bond donors (Lipinski definition) is 1. The fourth-order valence-corrected chi connectivity index (χ4v) is 2.13. The van der Waals surface area contributed by atoms with Crippen LogP contribution < -0.4 is 10.1 Å². The van der Waals surface area contributed by atoms with Crippen molar-refractivity contribution < 1.29 is 9.47 Å². The third-order valence-electron chi connectivity index (χ3n) is 3.20. The third-order valence-corrected chi connectivity index (χ3v) is 3.20. The average molecular weight is 293 g/mol. The molecule has 120 valence electrons. The second kappa shape index (κ2) is 9.80. The monoisotopic (exact) mass is 293 g/mol. The Morgan fingerprint density at radius 2 is 1.81 bits per heavy atom. The second-order valence-corrected chi connectivity index (χ2v) is 6.52. The highest BCUT2D eigenvalue weighted by atomic mass is 16.5. The highest BCUT2D eigenvalue weighted by Gasteiger charge is 2.06. The van der Waals surface area contributed by atoms with Crippen molar-refractivity contribution in [2.45, 2.75) is 58.6 Å². The van der Waals surface area contributed by atoms with Crippen LogP contribution in [0.15, 0.2) is 24.3 Å². The molecule has 0 atom stereocenters. The Hall–Kier alpha value is -1.06. The Kier molecular flexibility index (Phi) is 8.40. The van der Waals surface area contributed by atoms with Gasteiger partial charge in [0.2, 0.25) is 0 Å². The van der Waals surface area contributed by atoms with Gasteiger partial charge in [0.15, 0.2) is 0 Å². The van der Waals surface area contributed by atoms with Gasteiger partial charge in [0.25, 0.3) is 0 Å². The molecule has 21 heavy (non-hydrogen) atoms. The number of ether oxygens (including phenoxy) is 2. The molecule has 1 N–H and O–H groups in total. The zero-order valence-electron chi connectivity index (χ0n) is 14.1. The molecule has 0 aliphatic carbocycles. The molecule has 0 amide bonds.